The zero-order valence-electron chi connectivity index (χ0n) is 19.7. The molecule has 1 unspecified atom stereocenters. The van der Waals surface area contributed by atoms with E-state index in [9.17, 15) is 14.4 Å². The number of anilines is 2. The van der Waals surface area contributed by atoms with Crippen molar-refractivity contribution in [1.29, 1.82) is 0 Å². The van der Waals surface area contributed by atoms with Crippen LogP contribution in [0.5, 0.6) is 0 Å². The molecule has 1 aliphatic carbocycles. The van der Waals surface area contributed by atoms with Gasteiger partial charge in [-0.15, -0.1) is 0 Å². The first-order valence-corrected chi connectivity index (χ1v) is 12.3. The third kappa shape index (κ3) is 3.30. The van der Waals surface area contributed by atoms with E-state index in [1.807, 2.05) is 13.8 Å². The second kappa shape index (κ2) is 8.26. The Bertz CT molecular complexity index is 1450. The smallest absolute Gasteiger partial charge is 0.339 e. The van der Waals surface area contributed by atoms with Crippen LogP contribution in [0.4, 0.5) is 11.4 Å². The van der Waals surface area contributed by atoms with Crippen molar-refractivity contribution in [3.05, 3.63) is 79.7 Å². The molecule has 10 heteroatoms. The van der Waals surface area contributed by atoms with E-state index >= 15 is 0 Å². The Balaban J connectivity index is 1.95. The fraction of sp³-hybridized carbons (Fsp3) is 0.269. The summed E-state index contributed by atoms with van der Waals surface area (Å²) < 4.78 is 5.13. The van der Waals surface area contributed by atoms with E-state index in [1.165, 1.54) is 24.1 Å². The number of nitrogens with two attached hydrogens (primary N) is 1. The summed E-state index contributed by atoms with van der Waals surface area (Å²) in [6, 6.07) is 9.91. The molecular weight excluding hydrogens is 525 g/mol. The summed E-state index contributed by atoms with van der Waals surface area (Å²) in [5.41, 5.74) is 6.24. The largest absolute Gasteiger partial charge is 0.466 e. The molecule has 0 saturated heterocycles. The first-order chi connectivity index (χ1) is 16.9. The number of Topliss-reactive ketones (excluding diaryl/α,β-unsaturated/α-hetero) is 1. The number of allylic oxidation sites excluding steroid dienone is 1. The second-order valence-corrected chi connectivity index (χ2v) is 11.0. The highest BCUT2D eigenvalue weighted by molar-refractivity contribution is 6.44. The average Bonchev–Trinajstić information content (AvgIpc) is 3.07. The fourth-order valence-electron chi connectivity index (χ4n) is 5.55. The monoisotopic (exact) mass is 545 g/mol. The number of para-hydroxylation sites is 1. The van der Waals surface area contributed by atoms with Crippen molar-refractivity contribution in [3.8, 4) is 0 Å². The van der Waals surface area contributed by atoms with Crippen LogP contribution in [-0.2, 0) is 24.5 Å². The van der Waals surface area contributed by atoms with Crippen molar-refractivity contribution >= 4 is 63.8 Å². The van der Waals surface area contributed by atoms with Gasteiger partial charge in [0.25, 0.3) is 0 Å². The van der Waals surface area contributed by atoms with Crippen molar-refractivity contribution in [1.82, 2.24) is 0 Å². The lowest BCUT2D eigenvalue weighted by molar-refractivity contribution is -0.138. The van der Waals surface area contributed by atoms with Gasteiger partial charge in [-0.3, -0.25) is 14.5 Å². The maximum absolute atomic E-state index is 13.9. The maximum atomic E-state index is 13.9. The summed E-state index contributed by atoms with van der Waals surface area (Å²) in [4.78, 5) is 42.8. The van der Waals surface area contributed by atoms with Crippen LogP contribution >= 0.6 is 34.8 Å². The lowest BCUT2D eigenvalue weighted by Crippen LogP contribution is -2.54. The molecule has 2 aliphatic heterocycles. The summed E-state index contributed by atoms with van der Waals surface area (Å²) in [7, 11) is 1.20. The minimum absolute atomic E-state index is 0.0850. The fourth-order valence-corrected chi connectivity index (χ4v) is 6.18. The van der Waals surface area contributed by atoms with Gasteiger partial charge in [-0.1, -0.05) is 66.8 Å². The maximum Gasteiger partial charge on any atom is 0.339 e. The molecule has 3 N–H and O–H groups in total. The van der Waals surface area contributed by atoms with Gasteiger partial charge in [0, 0.05) is 28.9 Å². The van der Waals surface area contributed by atoms with Crippen LogP contribution in [-0.4, -0.2) is 24.8 Å². The molecule has 1 amide bonds. The Labute approximate surface area is 222 Å². The molecule has 186 valence electrons. The number of methoxy groups -OCH3 is 1. The normalized spacial score (nSPS) is 22.6. The number of esters is 1. The minimum Gasteiger partial charge on any atom is -0.466 e. The number of hydrogen-bond acceptors (Lipinski definition) is 6. The molecule has 2 aromatic carbocycles. The number of nitrogens with zero attached hydrogens (tertiary/aromatic N) is 1. The zero-order chi connectivity index (χ0) is 26.2. The Kier molecular flexibility index (Phi) is 5.67. The molecule has 1 atom stereocenters. The Morgan fingerprint density at radius 3 is 2.42 bits per heavy atom. The molecule has 0 bridgehead atoms. The van der Waals surface area contributed by atoms with Crippen LogP contribution < -0.4 is 16.0 Å². The molecule has 0 aromatic heterocycles. The number of carbonyl (C=O) groups excluding carboxylic acids is 3. The summed E-state index contributed by atoms with van der Waals surface area (Å²) >= 11 is 19.1. The summed E-state index contributed by atoms with van der Waals surface area (Å²) in [6.45, 7) is 3.91. The number of carbonyl (C=O) groups is 3. The number of ether oxygens (including phenoxy) is 1. The third-order valence-corrected chi connectivity index (χ3v) is 7.93. The third-order valence-electron chi connectivity index (χ3n) is 6.91. The van der Waals surface area contributed by atoms with Gasteiger partial charge < -0.3 is 15.8 Å². The van der Waals surface area contributed by atoms with E-state index in [4.69, 9.17) is 45.3 Å². The highest BCUT2D eigenvalue weighted by Crippen LogP contribution is 2.58. The van der Waals surface area contributed by atoms with Gasteiger partial charge in [0.2, 0.25) is 5.91 Å². The molecule has 7 nitrogen and oxygen atoms in total. The van der Waals surface area contributed by atoms with Crippen molar-refractivity contribution in [3.63, 3.8) is 0 Å². The van der Waals surface area contributed by atoms with E-state index in [0.717, 1.165) is 0 Å². The van der Waals surface area contributed by atoms with E-state index in [2.05, 4.69) is 5.32 Å². The van der Waals surface area contributed by atoms with Gasteiger partial charge in [0.05, 0.1) is 27.9 Å². The minimum atomic E-state index is -1.78. The van der Waals surface area contributed by atoms with Crippen LogP contribution in [0.1, 0.15) is 32.3 Å². The number of rotatable bonds is 2. The van der Waals surface area contributed by atoms with Gasteiger partial charge >= 0.3 is 5.97 Å². The predicted molar refractivity (Wildman–Crippen MR) is 139 cm³/mol. The summed E-state index contributed by atoms with van der Waals surface area (Å²) in [5, 5.41) is 3.47. The number of amides is 1. The zero-order valence-corrected chi connectivity index (χ0v) is 21.9. The van der Waals surface area contributed by atoms with Gasteiger partial charge in [0.15, 0.2) is 5.78 Å². The van der Waals surface area contributed by atoms with E-state index in [1.54, 1.807) is 24.3 Å². The van der Waals surface area contributed by atoms with Gasteiger partial charge in [0.1, 0.15) is 16.8 Å². The van der Waals surface area contributed by atoms with E-state index in [0.29, 0.717) is 29.1 Å². The topological polar surface area (TPSA) is 102 Å². The molecule has 2 aromatic rings. The highest BCUT2D eigenvalue weighted by Gasteiger charge is 2.63. The molecule has 36 heavy (non-hydrogen) atoms. The molecule has 3 aliphatic rings. The quantitative estimate of drug-likeness (QED) is 0.389. The number of halogens is 3. The lowest BCUT2D eigenvalue weighted by Gasteiger charge is -2.47. The number of ketones is 1. The first-order valence-electron chi connectivity index (χ1n) is 11.1. The van der Waals surface area contributed by atoms with Gasteiger partial charge in [-0.05, 0) is 30.0 Å². The summed E-state index contributed by atoms with van der Waals surface area (Å²) in [6.07, 6.45) is 0.539. The number of nitrogens with one attached hydrogen (secondary N) is 1. The van der Waals surface area contributed by atoms with Crippen molar-refractivity contribution in [2.24, 2.45) is 11.1 Å². The average molecular weight is 547 g/mol. The molecule has 0 saturated carbocycles. The van der Waals surface area contributed by atoms with Gasteiger partial charge in [-0.25, -0.2) is 4.79 Å². The van der Waals surface area contributed by atoms with Crippen molar-refractivity contribution in [2.75, 3.05) is 17.3 Å². The predicted octanol–water partition coefficient (Wildman–Crippen LogP) is 5.34. The van der Waals surface area contributed by atoms with Crippen LogP contribution in [0.2, 0.25) is 15.1 Å². The van der Waals surface area contributed by atoms with E-state index in [-0.39, 0.29) is 44.2 Å². The van der Waals surface area contributed by atoms with E-state index < -0.39 is 22.7 Å². The Morgan fingerprint density at radius 1 is 1.06 bits per heavy atom. The van der Waals surface area contributed by atoms with Crippen LogP contribution in [0.25, 0.3) is 0 Å². The molecule has 0 radical (unpaired) electrons. The SMILES string of the molecule is COC(=O)C1=C(N)N(c2cc(Cl)c(Cl)cc2Cl)C2=C(C(=O)CC(C)(C)C2)C12C(=O)Nc1ccccc12. The molecule has 0 fully saturated rings. The van der Waals surface area contributed by atoms with Crippen LogP contribution in [0.3, 0.4) is 0 Å². The number of fused-ring (bicyclic) bond motifs is 3. The first kappa shape index (κ1) is 24.7. The lowest BCUT2D eigenvalue weighted by atomic mass is 9.60. The second-order valence-electron chi connectivity index (χ2n) is 9.82. The molecular formula is C26H22Cl3N3O4. The van der Waals surface area contributed by atoms with Crippen molar-refractivity contribution < 1.29 is 19.1 Å². The standard InChI is InChI=1S/C26H22Cl3N3O4/c1-25(2)10-18-20(19(33)11-25)26(12-6-4-5-7-16(12)31-24(26)35)21(23(34)36-3)22(30)32(18)17-9-14(28)13(27)8-15(17)29/h4-9H,10-11,30H2,1-3H3,(H,31,35). The van der Waals surface area contributed by atoms with Gasteiger partial charge in [-0.2, -0.15) is 0 Å². The molecule has 2 heterocycles. The van der Waals surface area contributed by atoms with Crippen LogP contribution in [0.15, 0.2) is 59.1 Å². The molecule has 5 rings (SSSR count). The number of benzene rings is 2. The Hall–Kier alpha value is -3.00. The summed E-state index contributed by atoms with van der Waals surface area (Å²) in [5.74, 6) is -1.75. The van der Waals surface area contributed by atoms with Crippen LogP contribution in [0, 0.1) is 5.41 Å². The Morgan fingerprint density at radius 2 is 1.72 bits per heavy atom. The highest BCUT2D eigenvalue weighted by atomic mass is 35.5. The molecule has 1 spiro atoms. The number of hydrogen-bond donors (Lipinski definition) is 2. The van der Waals surface area contributed by atoms with Crippen molar-refractivity contribution in [2.45, 2.75) is 32.1 Å².